The molecule has 0 saturated heterocycles. The Kier molecular flexibility index (Phi) is 12.7. The van der Waals surface area contributed by atoms with Crippen LogP contribution in [0.3, 0.4) is 0 Å². The average molecular weight is 576 g/mol. The highest BCUT2D eigenvalue weighted by atomic mass is 16.4. The Bertz CT molecular complexity index is 1250. The van der Waals surface area contributed by atoms with Gasteiger partial charge in [-0.3, -0.25) is 24.0 Å². The number of primary amides is 1. The fraction of sp³-hybridized carbons (Fsp3) is 0.462. The fourth-order valence-corrected chi connectivity index (χ4v) is 4.12. The van der Waals surface area contributed by atoms with Crippen LogP contribution in [-0.4, -0.2) is 81.5 Å². The molecular weight excluding hydrogens is 538 g/mol. The number of unbranched alkanes of at least 4 members (excludes halogenated alkanes) is 1. The summed E-state index contributed by atoms with van der Waals surface area (Å²) in [6, 6.07) is 1.84. The van der Waals surface area contributed by atoms with Crippen LogP contribution >= 0.6 is 0 Å². The van der Waals surface area contributed by atoms with Crippen LogP contribution in [0.4, 0.5) is 0 Å². The topological polar surface area (TPSA) is 273 Å². The van der Waals surface area contributed by atoms with Gasteiger partial charge < -0.3 is 48.3 Å². The van der Waals surface area contributed by atoms with Crippen LogP contribution in [0.15, 0.2) is 30.5 Å². The molecule has 12 N–H and O–H groups in total. The molecule has 4 amide bonds. The summed E-state index contributed by atoms with van der Waals surface area (Å²) in [4.78, 5) is 76.4. The Balaban J connectivity index is 2.29. The van der Waals surface area contributed by atoms with Crippen molar-refractivity contribution in [3.8, 4) is 0 Å². The van der Waals surface area contributed by atoms with Gasteiger partial charge in [-0.1, -0.05) is 18.2 Å². The molecule has 0 aliphatic heterocycles. The van der Waals surface area contributed by atoms with Gasteiger partial charge in [-0.15, -0.1) is 0 Å². The largest absolute Gasteiger partial charge is 0.481 e. The van der Waals surface area contributed by atoms with Crippen LogP contribution in [0.25, 0.3) is 10.9 Å². The van der Waals surface area contributed by atoms with Crippen LogP contribution < -0.4 is 33.2 Å². The highest BCUT2D eigenvalue weighted by Crippen LogP contribution is 2.19. The number of carboxylic acids is 2. The molecule has 0 aliphatic rings. The summed E-state index contributed by atoms with van der Waals surface area (Å²) in [7, 11) is 0. The Hall–Kier alpha value is -4.50. The van der Waals surface area contributed by atoms with Crippen LogP contribution in [-0.2, 0) is 35.2 Å². The van der Waals surface area contributed by atoms with Gasteiger partial charge in [-0.25, -0.2) is 4.79 Å². The molecule has 1 aromatic carbocycles. The van der Waals surface area contributed by atoms with Gasteiger partial charge in [0.15, 0.2) is 0 Å². The van der Waals surface area contributed by atoms with E-state index >= 15 is 0 Å². The fourth-order valence-electron chi connectivity index (χ4n) is 4.12. The van der Waals surface area contributed by atoms with Gasteiger partial charge in [0.1, 0.15) is 18.1 Å². The number of nitrogens with one attached hydrogen (secondary N) is 4. The Morgan fingerprint density at radius 1 is 0.854 bits per heavy atom. The number of hydrogen-bond donors (Lipinski definition) is 9. The lowest BCUT2D eigenvalue weighted by molar-refractivity contribution is -0.142. The summed E-state index contributed by atoms with van der Waals surface area (Å²) in [6.07, 6.45) is 1.44. The van der Waals surface area contributed by atoms with Crippen LogP contribution in [0.2, 0.25) is 0 Å². The number of aromatic nitrogens is 1. The van der Waals surface area contributed by atoms with E-state index in [2.05, 4.69) is 20.9 Å². The molecule has 15 heteroatoms. The van der Waals surface area contributed by atoms with E-state index in [0.29, 0.717) is 24.9 Å². The molecular formula is C26H37N7O8. The van der Waals surface area contributed by atoms with Gasteiger partial charge >= 0.3 is 11.9 Å². The minimum atomic E-state index is -1.53. The second-order valence-corrected chi connectivity index (χ2v) is 9.58. The first-order valence-corrected chi connectivity index (χ1v) is 13.1. The third-order valence-corrected chi connectivity index (χ3v) is 6.34. The summed E-state index contributed by atoms with van der Waals surface area (Å²) in [5.41, 5.74) is 17.9. The number of nitrogens with two attached hydrogens (primary N) is 3. The zero-order chi connectivity index (χ0) is 30.5. The van der Waals surface area contributed by atoms with Crippen LogP contribution in [0.5, 0.6) is 0 Å². The predicted molar refractivity (Wildman–Crippen MR) is 147 cm³/mol. The van der Waals surface area contributed by atoms with Gasteiger partial charge in [0, 0.05) is 29.9 Å². The number of benzene rings is 1. The Morgan fingerprint density at radius 2 is 1.49 bits per heavy atom. The zero-order valence-electron chi connectivity index (χ0n) is 22.4. The first kappa shape index (κ1) is 32.7. The number of para-hydroxylation sites is 1. The second kappa shape index (κ2) is 15.9. The van der Waals surface area contributed by atoms with E-state index in [1.165, 1.54) is 0 Å². The van der Waals surface area contributed by atoms with Crippen molar-refractivity contribution in [2.45, 2.75) is 69.1 Å². The summed E-state index contributed by atoms with van der Waals surface area (Å²) < 4.78 is 0. The molecule has 4 atom stereocenters. The van der Waals surface area contributed by atoms with Crippen molar-refractivity contribution in [1.29, 1.82) is 0 Å². The highest BCUT2D eigenvalue weighted by molar-refractivity contribution is 5.96. The predicted octanol–water partition coefficient (Wildman–Crippen LogP) is -1.55. The normalized spacial score (nSPS) is 13.9. The minimum absolute atomic E-state index is 0.0634. The quantitative estimate of drug-likeness (QED) is 0.0922. The van der Waals surface area contributed by atoms with Crippen molar-refractivity contribution in [3.63, 3.8) is 0 Å². The van der Waals surface area contributed by atoms with Crippen LogP contribution in [0, 0.1) is 0 Å². The highest BCUT2D eigenvalue weighted by Gasteiger charge is 2.31. The van der Waals surface area contributed by atoms with Gasteiger partial charge in [0.25, 0.3) is 0 Å². The zero-order valence-corrected chi connectivity index (χ0v) is 22.4. The van der Waals surface area contributed by atoms with Gasteiger partial charge in [0.2, 0.25) is 23.6 Å². The number of carboxylic acid groups (broad SMARTS) is 2. The smallest absolute Gasteiger partial charge is 0.326 e. The first-order valence-electron chi connectivity index (χ1n) is 13.1. The maximum absolute atomic E-state index is 13.3. The van der Waals surface area contributed by atoms with Gasteiger partial charge in [-0.2, -0.15) is 0 Å². The lowest BCUT2D eigenvalue weighted by Gasteiger charge is -2.25. The maximum atomic E-state index is 13.3. The molecule has 0 unspecified atom stereocenters. The van der Waals surface area contributed by atoms with Crippen molar-refractivity contribution >= 4 is 46.5 Å². The first-order chi connectivity index (χ1) is 19.4. The Labute approximate surface area is 235 Å². The molecule has 41 heavy (non-hydrogen) atoms. The van der Waals surface area contributed by atoms with E-state index in [1.54, 1.807) is 18.3 Å². The third-order valence-electron chi connectivity index (χ3n) is 6.34. The van der Waals surface area contributed by atoms with Crippen molar-refractivity contribution in [1.82, 2.24) is 20.9 Å². The van der Waals surface area contributed by atoms with E-state index in [0.717, 1.165) is 10.9 Å². The van der Waals surface area contributed by atoms with Crippen LogP contribution in [0.1, 0.15) is 44.1 Å². The molecule has 0 aliphatic carbocycles. The number of rotatable bonds is 18. The van der Waals surface area contributed by atoms with E-state index in [9.17, 15) is 33.9 Å². The molecule has 15 nitrogen and oxygen atoms in total. The number of aromatic amines is 1. The summed E-state index contributed by atoms with van der Waals surface area (Å²) in [5.74, 6) is -6.01. The van der Waals surface area contributed by atoms with Crippen molar-refractivity contribution in [3.05, 3.63) is 36.0 Å². The number of fused-ring (bicyclic) bond motifs is 1. The lowest BCUT2D eigenvalue weighted by Crippen LogP contribution is -2.58. The van der Waals surface area contributed by atoms with E-state index in [1.807, 2.05) is 12.1 Å². The monoisotopic (exact) mass is 575 g/mol. The molecule has 0 radical (unpaired) electrons. The number of H-pyrrole nitrogens is 1. The maximum Gasteiger partial charge on any atom is 0.326 e. The number of hydrogen-bond acceptors (Lipinski definition) is 8. The standard InChI is InChI=1S/C26H37N7O8/c27-10-4-3-7-18(26(40)41)31-24(38)19(11-14-13-30-17-6-2-1-5-15(14)17)33-25(39)20(12-21(29)34)32-23(37)16(28)8-9-22(35)36/h1-2,5-6,13,16,18-20,30H,3-4,7-12,27-28H2,(H2,29,34)(H,31,38)(H,32,37)(H,33,39)(H,35,36)(H,40,41)/t16-,18-,19-,20-/m0/s1. The molecule has 1 aromatic heterocycles. The molecule has 1 heterocycles. The average Bonchev–Trinajstić information content (AvgIpc) is 3.32. The summed E-state index contributed by atoms with van der Waals surface area (Å²) in [5, 5.41) is 26.4. The third kappa shape index (κ3) is 10.5. The number of amides is 4. The molecule has 0 saturated carbocycles. The molecule has 0 fully saturated rings. The van der Waals surface area contributed by atoms with E-state index < -0.39 is 72.6 Å². The Morgan fingerprint density at radius 3 is 2.12 bits per heavy atom. The van der Waals surface area contributed by atoms with Gasteiger partial charge in [-0.05, 0) is 43.9 Å². The molecule has 2 aromatic rings. The molecule has 0 bridgehead atoms. The molecule has 224 valence electrons. The van der Waals surface area contributed by atoms with E-state index in [4.69, 9.17) is 22.3 Å². The second-order valence-electron chi connectivity index (χ2n) is 9.58. The summed E-state index contributed by atoms with van der Waals surface area (Å²) in [6.45, 7) is 0.354. The van der Waals surface area contributed by atoms with Gasteiger partial charge in [0.05, 0.1) is 12.5 Å². The molecule has 2 rings (SSSR count). The van der Waals surface area contributed by atoms with Crippen molar-refractivity contribution < 1.29 is 39.0 Å². The number of carbonyl (C=O) groups is 6. The summed E-state index contributed by atoms with van der Waals surface area (Å²) >= 11 is 0. The van der Waals surface area contributed by atoms with E-state index in [-0.39, 0.29) is 19.3 Å². The molecule has 0 spiro atoms. The minimum Gasteiger partial charge on any atom is -0.481 e. The number of aliphatic carboxylic acids is 2. The lowest BCUT2D eigenvalue weighted by atomic mass is 10.0. The van der Waals surface area contributed by atoms with Crippen molar-refractivity contribution in [2.75, 3.05) is 6.54 Å². The van der Waals surface area contributed by atoms with Crippen molar-refractivity contribution in [2.24, 2.45) is 17.2 Å². The number of carbonyl (C=O) groups excluding carboxylic acids is 4. The SMILES string of the molecule is NCCCC[C@H](NC(=O)[C@H](Cc1c[nH]c2ccccc12)NC(=O)[C@H](CC(N)=O)NC(=O)[C@@H](N)CCC(=O)O)C(=O)O.